The Labute approximate surface area is 58.5 Å². The van der Waals surface area contributed by atoms with Crippen LogP contribution in [0.3, 0.4) is 0 Å². The van der Waals surface area contributed by atoms with Gasteiger partial charge in [-0.3, -0.25) is 0 Å². The average Bonchev–Trinajstić information content (AvgIpc) is 1.90. The smallest absolute Gasteiger partial charge is 0.0991 e. The van der Waals surface area contributed by atoms with Gasteiger partial charge >= 0.3 is 0 Å². The highest BCUT2D eigenvalue weighted by Crippen LogP contribution is 2.07. The molecular formula is C7H4ClN. The Balaban J connectivity index is 3.06. The van der Waals surface area contributed by atoms with Gasteiger partial charge in [-0.1, -0.05) is 11.6 Å². The molecule has 0 amide bonds. The van der Waals surface area contributed by atoms with Gasteiger partial charge in [-0.2, -0.15) is 5.26 Å². The minimum atomic E-state index is 0.638. The number of rotatable bonds is 0. The third-order valence-corrected chi connectivity index (χ3v) is 1.23. The number of nitrogens with zero attached hydrogens (tertiary/aromatic N) is 1. The first-order valence-corrected chi connectivity index (χ1v) is 2.86. The topological polar surface area (TPSA) is 23.8 Å². The van der Waals surface area contributed by atoms with Crippen molar-refractivity contribution in [2.45, 2.75) is 0 Å². The molecule has 0 saturated heterocycles. The molecule has 0 aliphatic heterocycles. The standard InChI is InChI=1S/C7H4ClN/c8-7-3-1-6(5-9)2-4-7/h1-4H/i5+2. The Kier molecular flexibility index (Phi) is 1.72. The number of hydrogen-bond acceptors (Lipinski definition) is 1. The molecule has 2 heteroatoms. The minimum Gasteiger partial charge on any atom is -0.192 e. The van der Waals surface area contributed by atoms with Gasteiger partial charge in [0.25, 0.3) is 0 Å². The maximum atomic E-state index is 8.34. The summed E-state index contributed by atoms with van der Waals surface area (Å²) in [6, 6.07) is 8.75. The van der Waals surface area contributed by atoms with Crippen LogP contribution in [-0.2, 0) is 0 Å². The zero-order valence-electron chi connectivity index (χ0n) is 4.63. The second kappa shape index (κ2) is 2.52. The molecule has 9 heavy (non-hydrogen) atoms. The lowest BCUT2D eigenvalue weighted by atomic mass is 10.3. The minimum absolute atomic E-state index is 0.638. The number of hydrogen-bond donors (Lipinski definition) is 0. The Bertz CT molecular complexity index is 232. The van der Waals surface area contributed by atoms with E-state index in [1.807, 2.05) is 6.07 Å². The molecule has 1 rings (SSSR count). The van der Waals surface area contributed by atoms with Crippen molar-refractivity contribution in [1.29, 1.82) is 5.26 Å². The summed E-state index contributed by atoms with van der Waals surface area (Å²) in [5.41, 5.74) is 0.638. The molecular weight excluding hydrogens is 136 g/mol. The van der Waals surface area contributed by atoms with E-state index in [-0.39, 0.29) is 0 Å². The van der Waals surface area contributed by atoms with Crippen molar-refractivity contribution < 1.29 is 0 Å². The Hall–Kier alpha value is -1.00. The molecule has 0 saturated carbocycles. The van der Waals surface area contributed by atoms with E-state index < -0.39 is 0 Å². The lowest BCUT2D eigenvalue weighted by Gasteiger charge is -1.86. The van der Waals surface area contributed by atoms with Crippen LogP contribution < -0.4 is 0 Å². The molecule has 0 N–H and O–H groups in total. The van der Waals surface area contributed by atoms with E-state index in [1.165, 1.54) is 0 Å². The second-order valence-electron chi connectivity index (χ2n) is 1.62. The quantitative estimate of drug-likeness (QED) is 0.541. The predicted octanol–water partition coefficient (Wildman–Crippen LogP) is 2.21. The fraction of sp³-hybridized carbons (Fsp3) is 0. The van der Waals surface area contributed by atoms with Crippen molar-refractivity contribution in [1.82, 2.24) is 0 Å². The fourth-order valence-electron chi connectivity index (χ4n) is 0.524. The summed E-state index contributed by atoms with van der Waals surface area (Å²) >= 11 is 5.56. The van der Waals surface area contributed by atoms with Crippen LogP contribution >= 0.6 is 11.6 Å². The fourth-order valence-corrected chi connectivity index (χ4v) is 0.650. The molecule has 0 spiro atoms. The molecule has 0 bridgehead atoms. The first-order chi connectivity index (χ1) is 4.33. The van der Waals surface area contributed by atoms with Gasteiger partial charge in [-0.05, 0) is 24.3 Å². The van der Waals surface area contributed by atoms with Crippen molar-refractivity contribution in [2.75, 3.05) is 0 Å². The van der Waals surface area contributed by atoms with Crippen LogP contribution in [0.5, 0.6) is 0 Å². The van der Waals surface area contributed by atoms with Crippen molar-refractivity contribution in [2.24, 2.45) is 0 Å². The highest BCUT2D eigenvalue weighted by molar-refractivity contribution is 6.30. The van der Waals surface area contributed by atoms with E-state index in [1.54, 1.807) is 24.3 Å². The van der Waals surface area contributed by atoms with Crippen LogP contribution in [0.25, 0.3) is 0 Å². The molecule has 0 aliphatic rings. The summed E-state index contributed by atoms with van der Waals surface area (Å²) < 4.78 is 0. The predicted molar refractivity (Wildman–Crippen MR) is 36.2 cm³/mol. The summed E-state index contributed by atoms with van der Waals surface area (Å²) in [6.45, 7) is 0. The monoisotopic (exact) mass is 139 g/mol. The normalized spacial score (nSPS) is 8.44. The van der Waals surface area contributed by atoms with Crippen LogP contribution in [0, 0.1) is 11.3 Å². The molecule has 0 heterocycles. The molecule has 1 aromatic carbocycles. The van der Waals surface area contributed by atoms with Gasteiger partial charge in [0, 0.05) is 5.02 Å². The molecule has 0 atom stereocenters. The zero-order valence-corrected chi connectivity index (χ0v) is 5.39. The van der Waals surface area contributed by atoms with E-state index in [0.717, 1.165) is 0 Å². The van der Waals surface area contributed by atoms with Gasteiger partial charge < -0.3 is 0 Å². The molecule has 1 aromatic rings. The summed E-state index contributed by atoms with van der Waals surface area (Å²) in [5, 5.41) is 9.00. The SMILES string of the molecule is N#[14C]c1ccc(Cl)cc1. The molecule has 1 nitrogen and oxygen atoms in total. The summed E-state index contributed by atoms with van der Waals surface area (Å²) in [5.74, 6) is 0. The third kappa shape index (κ3) is 1.45. The first kappa shape index (κ1) is 6.12. The maximum Gasteiger partial charge on any atom is 0.0991 e. The highest BCUT2D eigenvalue weighted by Gasteiger charge is 1.86. The van der Waals surface area contributed by atoms with Crippen LogP contribution in [0.2, 0.25) is 5.02 Å². The molecule has 0 radical (unpaired) electrons. The maximum absolute atomic E-state index is 8.34. The van der Waals surface area contributed by atoms with Crippen molar-refractivity contribution in [3.8, 4) is 6.07 Å². The number of halogens is 1. The number of nitriles is 1. The van der Waals surface area contributed by atoms with Gasteiger partial charge in [0.1, 0.15) is 0 Å². The second-order valence-corrected chi connectivity index (χ2v) is 2.06. The summed E-state index contributed by atoms with van der Waals surface area (Å²) in [7, 11) is 0. The van der Waals surface area contributed by atoms with Crippen LogP contribution in [0.1, 0.15) is 5.56 Å². The lowest BCUT2D eigenvalue weighted by Crippen LogP contribution is -1.69. The largest absolute Gasteiger partial charge is 0.192 e. The lowest BCUT2D eigenvalue weighted by molar-refractivity contribution is 1.49. The molecule has 0 unspecified atom stereocenters. The van der Waals surface area contributed by atoms with E-state index >= 15 is 0 Å². The summed E-state index contributed by atoms with van der Waals surface area (Å²) in [4.78, 5) is 0. The van der Waals surface area contributed by atoms with Gasteiger partial charge in [0.15, 0.2) is 0 Å². The third-order valence-electron chi connectivity index (χ3n) is 0.973. The zero-order chi connectivity index (χ0) is 6.69. The Morgan fingerprint density at radius 3 is 2.22 bits per heavy atom. The molecule has 0 fully saturated rings. The van der Waals surface area contributed by atoms with Crippen LogP contribution in [0.15, 0.2) is 24.3 Å². The van der Waals surface area contributed by atoms with Gasteiger partial charge in [-0.15, -0.1) is 0 Å². The Morgan fingerprint density at radius 1 is 1.22 bits per heavy atom. The average molecular weight is 140 g/mol. The van der Waals surface area contributed by atoms with Crippen molar-refractivity contribution >= 4 is 11.6 Å². The van der Waals surface area contributed by atoms with Gasteiger partial charge in [0.2, 0.25) is 0 Å². The van der Waals surface area contributed by atoms with Crippen LogP contribution in [-0.4, -0.2) is 0 Å². The number of benzene rings is 1. The van der Waals surface area contributed by atoms with Crippen LogP contribution in [0.4, 0.5) is 0 Å². The van der Waals surface area contributed by atoms with E-state index in [0.29, 0.717) is 10.6 Å². The first-order valence-electron chi connectivity index (χ1n) is 2.48. The van der Waals surface area contributed by atoms with E-state index in [4.69, 9.17) is 16.9 Å². The van der Waals surface area contributed by atoms with E-state index in [2.05, 4.69) is 0 Å². The van der Waals surface area contributed by atoms with Gasteiger partial charge in [-0.25, -0.2) is 0 Å². The van der Waals surface area contributed by atoms with Crippen molar-refractivity contribution in [3.05, 3.63) is 34.9 Å². The molecule has 44 valence electrons. The van der Waals surface area contributed by atoms with Gasteiger partial charge in [0.05, 0.1) is 11.6 Å². The van der Waals surface area contributed by atoms with E-state index in [9.17, 15) is 0 Å². The Morgan fingerprint density at radius 2 is 1.78 bits per heavy atom. The molecule has 0 aliphatic carbocycles. The highest BCUT2D eigenvalue weighted by atomic mass is 35.5. The molecule has 0 aromatic heterocycles. The van der Waals surface area contributed by atoms with Crippen molar-refractivity contribution in [3.63, 3.8) is 0 Å². The summed E-state index contributed by atoms with van der Waals surface area (Å²) in [6.07, 6.45) is 0.